The van der Waals surface area contributed by atoms with E-state index in [0.717, 1.165) is 41.2 Å². The van der Waals surface area contributed by atoms with Gasteiger partial charge in [0.2, 0.25) is 0 Å². The number of rotatable bonds is 4. The van der Waals surface area contributed by atoms with Crippen molar-refractivity contribution in [1.29, 1.82) is 0 Å². The summed E-state index contributed by atoms with van der Waals surface area (Å²) in [7, 11) is 0. The topological polar surface area (TPSA) is 69.6 Å². The van der Waals surface area contributed by atoms with Crippen LogP contribution in [0.1, 0.15) is 19.0 Å². The average Bonchev–Trinajstić information content (AvgIpc) is 2.98. The molecule has 1 aromatic carbocycles. The highest BCUT2D eigenvalue weighted by atomic mass is 15.3. The lowest BCUT2D eigenvalue weighted by molar-refractivity contribution is 0.813. The van der Waals surface area contributed by atoms with Crippen molar-refractivity contribution < 1.29 is 0 Å². The second-order valence-electron chi connectivity index (χ2n) is 4.88. The minimum Gasteiger partial charge on any atom is -0.398 e. The number of anilines is 1. The molecule has 0 radical (unpaired) electrons. The molecule has 106 valence electrons. The monoisotopic (exact) mass is 279 g/mol. The Morgan fingerprint density at radius 1 is 1.19 bits per heavy atom. The SMILES string of the molecule is CCCc1cc(-n2cc(-c3ccccc3N)cn2)ncn1. The molecule has 0 saturated carbocycles. The molecule has 0 aliphatic carbocycles. The lowest BCUT2D eigenvalue weighted by atomic mass is 10.1. The predicted octanol–water partition coefficient (Wildman–Crippen LogP) is 2.86. The summed E-state index contributed by atoms with van der Waals surface area (Å²) in [6, 6.07) is 9.72. The van der Waals surface area contributed by atoms with E-state index in [0.29, 0.717) is 0 Å². The molecule has 0 amide bonds. The van der Waals surface area contributed by atoms with Crippen LogP contribution in [0.5, 0.6) is 0 Å². The lowest BCUT2D eigenvalue weighted by Crippen LogP contribution is -2.00. The van der Waals surface area contributed by atoms with Gasteiger partial charge in [-0.1, -0.05) is 31.5 Å². The molecule has 0 unspecified atom stereocenters. The molecule has 0 spiro atoms. The summed E-state index contributed by atoms with van der Waals surface area (Å²) in [5.74, 6) is 0.772. The van der Waals surface area contributed by atoms with Crippen molar-refractivity contribution in [2.24, 2.45) is 0 Å². The molecule has 5 heteroatoms. The van der Waals surface area contributed by atoms with Gasteiger partial charge in [-0.05, 0) is 12.5 Å². The van der Waals surface area contributed by atoms with Gasteiger partial charge >= 0.3 is 0 Å². The predicted molar refractivity (Wildman–Crippen MR) is 83.0 cm³/mol. The number of nitrogens with zero attached hydrogens (tertiary/aromatic N) is 4. The molecule has 3 rings (SSSR count). The zero-order valence-corrected chi connectivity index (χ0v) is 11.9. The van der Waals surface area contributed by atoms with Crippen LogP contribution in [0.4, 0.5) is 5.69 Å². The smallest absolute Gasteiger partial charge is 0.156 e. The molecule has 0 atom stereocenters. The highest BCUT2D eigenvalue weighted by Crippen LogP contribution is 2.25. The van der Waals surface area contributed by atoms with Crippen molar-refractivity contribution in [2.75, 3.05) is 5.73 Å². The maximum Gasteiger partial charge on any atom is 0.156 e. The Kier molecular flexibility index (Phi) is 3.64. The number of benzene rings is 1. The van der Waals surface area contributed by atoms with Gasteiger partial charge in [-0.15, -0.1) is 0 Å². The third-order valence-electron chi connectivity index (χ3n) is 3.30. The first-order valence-electron chi connectivity index (χ1n) is 6.99. The summed E-state index contributed by atoms with van der Waals surface area (Å²) in [4.78, 5) is 8.54. The van der Waals surface area contributed by atoms with Crippen LogP contribution in [-0.2, 0) is 6.42 Å². The molecule has 2 N–H and O–H groups in total. The van der Waals surface area contributed by atoms with Crippen LogP contribution in [-0.4, -0.2) is 19.7 Å². The highest BCUT2D eigenvalue weighted by Gasteiger charge is 2.07. The Labute approximate surface area is 123 Å². The molecule has 0 saturated heterocycles. The fourth-order valence-electron chi connectivity index (χ4n) is 2.25. The Bertz CT molecular complexity index is 748. The number of para-hydroxylation sites is 1. The van der Waals surface area contributed by atoms with Crippen LogP contribution in [0.3, 0.4) is 0 Å². The largest absolute Gasteiger partial charge is 0.398 e. The zero-order valence-electron chi connectivity index (χ0n) is 11.9. The zero-order chi connectivity index (χ0) is 14.7. The van der Waals surface area contributed by atoms with E-state index in [4.69, 9.17) is 5.73 Å². The third kappa shape index (κ3) is 2.76. The number of nitrogens with two attached hydrogens (primary N) is 1. The summed E-state index contributed by atoms with van der Waals surface area (Å²) < 4.78 is 1.75. The van der Waals surface area contributed by atoms with Crippen molar-refractivity contribution >= 4 is 5.69 Å². The van der Waals surface area contributed by atoms with Crippen LogP contribution in [0, 0.1) is 0 Å². The first-order chi connectivity index (χ1) is 10.3. The van der Waals surface area contributed by atoms with Crippen LogP contribution >= 0.6 is 0 Å². The van der Waals surface area contributed by atoms with Crippen LogP contribution in [0.2, 0.25) is 0 Å². The summed E-state index contributed by atoms with van der Waals surface area (Å²) in [6.45, 7) is 2.13. The van der Waals surface area contributed by atoms with Crippen molar-refractivity contribution in [3.8, 4) is 16.9 Å². The van der Waals surface area contributed by atoms with E-state index < -0.39 is 0 Å². The van der Waals surface area contributed by atoms with E-state index in [1.54, 1.807) is 17.2 Å². The second-order valence-corrected chi connectivity index (χ2v) is 4.88. The number of aromatic nitrogens is 4. The maximum atomic E-state index is 6.00. The molecule has 0 fully saturated rings. The van der Waals surface area contributed by atoms with Crippen molar-refractivity contribution in [3.63, 3.8) is 0 Å². The minimum atomic E-state index is 0.742. The normalized spacial score (nSPS) is 10.7. The van der Waals surface area contributed by atoms with E-state index in [1.165, 1.54) is 0 Å². The van der Waals surface area contributed by atoms with E-state index in [-0.39, 0.29) is 0 Å². The molecular formula is C16H17N5. The van der Waals surface area contributed by atoms with E-state index in [1.807, 2.05) is 36.5 Å². The van der Waals surface area contributed by atoms with Gasteiger partial charge in [0.15, 0.2) is 5.82 Å². The van der Waals surface area contributed by atoms with Gasteiger partial charge in [-0.3, -0.25) is 0 Å². The van der Waals surface area contributed by atoms with Gasteiger partial charge in [0.05, 0.1) is 6.20 Å². The molecule has 0 aliphatic rings. The van der Waals surface area contributed by atoms with Crippen molar-refractivity contribution in [2.45, 2.75) is 19.8 Å². The Balaban J connectivity index is 1.95. The molecule has 0 bridgehead atoms. The van der Waals surface area contributed by atoms with E-state index in [2.05, 4.69) is 22.0 Å². The van der Waals surface area contributed by atoms with Gasteiger partial charge in [0.25, 0.3) is 0 Å². The summed E-state index contributed by atoms with van der Waals surface area (Å²) in [5.41, 5.74) is 9.72. The van der Waals surface area contributed by atoms with Crippen LogP contribution in [0.15, 0.2) is 49.1 Å². The lowest BCUT2D eigenvalue weighted by Gasteiger charge is -2.03. The number of hydrogen-bond acceptors (Lipinski definition) is 4. The van der Waals surface area contributed by atoms with Gasteiger partial charge < -0.3 is 5.73 Å². The molecule has 3 aromatic rings. The van der Waals surface area contributed by atoms with Crippen molar-refractivity contribution in [1.82, 2.24) is 19.7 Å². The molecule has 2 heterocycles. The Hall–Kier alpha value is -2.69. The first kappa shape index (κ1) is 13.3. The molecular weight excluding hydrogens is 262 g/mol. The number of nitrogen functional groups attached to an aromatic ring is 1. The maximum absolute atomic E-state index is 6.00. The van der Waals surface area contributed by atoms with Crippen LogP contribution < -0.4 is 5.73 Å². The standard InChI is InChI=1S/C16H17N5/c1-2-5-13-8-16(19-11-18-13)21-10-12(9-20-21)14-6-3-4-7-15(14)17/h3-4,6-11H,2,5,17H2,1H3. The molecule has 2 aromatic heterocycles. The second kappa shape index (κ2) is 5.75. The summed E-state index contributed by atoms with van der Waals surface area (Å²) >= 11 is 0. The van der Waals surface area contributed by atoms with Crippen LogP contribution in [0.25, 0.3) is 16.9 Å². The van der Waals surface area contributed by atoms with E-state index in [9.17, 15) is 0 Å². The Morgan fingerprint density at radius 2 is 2.05 bits per heavy atom. The first-order valence-corrected chi connectivity index (χ1v) is 6.99. The van der Waals surface area contributed by atoms with Gasteiger partial charge in [-0.25, -0.2) is 14.6 Å². The highest BCUT2D eigenvalue weighted by molar-refractivity contribution is 5.75. The van der Waals surface area contributed by atoms with Gasteiger partial charge in [0, 0.05) is 34.8 Å². The average molecular weight is 279 g/mol. The quantitative estimate of drug-likeness (QED) is 0.745. The Morgan fingerprint density at radius 3 is 2.86 bits per heavy atom. The number of hydrogen-bond donors (Lipinski definition) is 1. The van der Waals surface area contributed by atoms with Gasteiger partial charge in [0.1, 0.15) is 6.33 Å². The van der Waals surface area contributed by atoms with Crippen molar-refractivity contribution in [3.05, 3.63) is 54.7 Å². The minimum absolute atomic E-state index is 0.742. The number of aryl methyl sites for hydroxylation is 1. The summed E-state index contributed by atoms with van der Waals surface area (Å²) in [6.07, 6.45) is 7.31. The molecule has 0 aliphatic heterocycles. The molecule has 21 heavy (non-hydrogen) atoms. The third-order valence-corrected chi connectivity index (χ3v) is 3.30. The fraction of sp³-hybridized carbons (Fsp3) is 0.188. The fourth-order valence-corrected chi connectivity index (χ4v) is 2.25. The van der Waals surface area contributed by atoms with Gasteiger partial charge in [-0.2, -0.15) is 5.10 Å². The molecule has 5 nitrogen and oxygen atoms in total. The summed E-state index contributed by atoms with van der Waals surface area (Å²) in [5, 5.41) is 4.38. The van der Waals surface area contributed by atoms with E-state index >= 15 is 0 Å².